The zero-order valence-corrected chi connectivity index (χ0v) is 20.7. The average molecular weight is 604 g/mol. The molecule has 0 fully saturated rings. The van der Waals surface area contributed by atoms with Gasteiger partial charge in [0.2, 0.25) is 0 Å². The summed E-state index contributed by atoms with van der Waals surface area (Å²) < 4.78 is 21.6. The molecular weight excluding hydrogens is 589 g/mol. The Bertz CT molecular complexity index is 829. The van der Waals surface area contributed by atoms with Gasteiger partial charge in [-0.2, -0.15) is 0 Å². The van der Waals surface area contributed by atoms with Gasteiger partial charge in [-0.15, -0.1) is 0 Å². The van der Waals surface area contributed by atoms with Crippen molar-refractivity contribution in [2.75, 3.05) is 0 Å². The van der Waals surface area contributed by atoms with Gasteiger partial charge in [-0.1, -0.05) is 0 Å². The summed E-state index contributed by atoms with van der Waals surface area (Å²) in [7, 11) is 0. The van der Waals surface area contributed by atoms with Crippen LogP contribution >= 0.6 is 55.1 Å². The van der Waals surface area contributed by atoms with Gasteiger partial charge >= 0.3 is 182 Å². The van der Waals surface area contributed by atoms with Crippen molar-refractivity contribution in [1.29, 1.82) is 0 Å². The molecule has 0 bridgehead atoms. The first-order chi connectivity index (χ1) is 12.7. The van der Waals surface area contributed by atoms with E-state index in [4.69, 9.17) is 33.0 Å². The van der Waals surface area contributed by atoms with Gasteiger partial charge in [0.15, 0.2) is 0 Å². The van der Waals surface area contributed by atoms with Gasteiger partial charge in [-0.05, 0) is 0 Å². The predicted molar refractivity (Wildman–Crippen MR) is 115 cm³/mol. The Morgan fingerprint density at radius 2 is 1.89 bits per heavy atom. The van der Waals surface area contributed by atoms with Crippen molar-refractivity contribution in [3.63, 3.8) is 0 Å². The normalized spacial score (nSPS) is 12.5. The van der Waals surface area contributed by atoms with Crippen molar-refractivity contribution < 1.29 is 19.0 Å². The number of alkyl halides is 1. The minimum absolute atomic E-state index is 0.0470. The molecule has 1 radical (unpaired) electrons. The van der Waals surface area contributed by atoms with Crippen LogP contribution in [0.4, 0.5) is 4.39 Å². The number of hydrogen-bond donors (Lipinski definition) is 1. The van der Waals surface area contributed by atoms with Gasteiger partial charge in [-0.25, -0.2) is 4.79 Å². The van der Waals surface area contributed by atoms with Crippen LogP contribution in [0.3, 0.4) is 0 Å². The van der Waals surface area contributed by atoms with E-state index in [0.29, 0.717) is 30.3 Å². The number of carboxylic acid groups (broad SMARTS) is 1. The molecule has 0 saturated heterocycles. The SMILES string of the molecule is CC[As]c1cc(Cl)cc(COc2c(Br)cc(CC(F)C(=O)O)cc2Br)c1Cl. The third-order valence-corrected chi connectivity index (χ3v) is 7.78. The van der Waals surface area contributed by atoms with Crippen molar-refractivity contribution >= 4 is 81.1 Å². The zero-order chi connectivity index (χ0) is 20.1. The average Bonchev–Trinajstić information content (AvgIpc) is 2.58. The summed E-state index contributed by atoms with van der Waals surface area (Å²) in [4.78, 5) is 10.7. The molecule has 1 unspecified atom stereocenters. The Morgan fingerprint density at radius 3 is 2.44 bits per heavy atom. The number of halogens is 5. The second kappa shape index (κ2) is 10.5. The molecule has 0 aliphatic heterocycles. The second-order valence-corrected chi connectivity index (χ2v) is 11.1. The Balaban J connectivity index is 2.20. The van der Waals surface area contributed by atoms with Crippen molar-refractivity contribution in [2.45, 2.75) is 31.3 Å². The molecule has 0 spiro atoms. The van der Waals surface area contributed by atoms with E-state index < -0.39 is 12.1 Å². The summed E-state index contributed by atoms with van der Waals surface area (Å²) in [5, 5.41) is 11.0. The fourth-order valence-electron chi connectivity index (χ4n) is 2.33. The van der Waals surface area contributed by atoms with Gasteiger partial charge in [-0.3, -0.25) is 0 Å². The Kier molecular flexibility index (Phi) is 8.95. The Hall–Kier alpha value is -0.262. The van der Waals surface area contributed by atoms with Crippen molar-refractivity contribution in [3.05, 3.63) is 54.4 Å². The number of benzene rings is 2. The van der Waals surface area contributed by atoms with E-state index in [-0.39, 0.29) is 28.8 Å². The van der Waals surface area contributed by atoms with Crippen molar-refractivity contribution in [1.82, 2.24) is 0 Å². The Labute approximate surface area is 190 Å². The maximum absolute atomic E-state index is 13.4. The fraction of sp³-hybridized carbons (Fsp3) is 0.278. The maximum atomic E-state index is 13.4. The molecule has 0 saturated carbocycles. The minimum atomic E-state index is -1.96. The van der Waals surface area contributed by atoms with Crippen LogP contribution in [0, 0.1) is 0 Å². The van der Waals surface area contributed by atoms with E-state index in [1.165, 1.54) is 0 Å². The van der Waals surface area contributed by atoms with Gasteiger partial charge in [0.25, 0.3) is 0 Å². The molecule has 2 aromatic rings. The predicted octanol–water partition coefficient (Wildman–Crippen LogP) is 5.83. The van der Waals surface area contributed by atoms with E-state index in [9.17, 15) is 9.18 Å². The molecule has 0 heterocycles. The van der Waals surface area contributed by atoms with Crippen LogP contribution in [0.1, 0.15) is 18.1 Å². The van der Waals surface area contributed by atoms with Crippen LogP contribution < -0.4 is 9.09 Å². The van der Waals surface area contributed by atoms with Crippen molar-refractivity contribution in [3.8, 4) is 5.75 Å². The number of hydrogen-bond acceptors (Lipinski definition) is 2. The second-order valence-electron chi connectivity index (χ2n) is 5.56. The molecule has 9 heteroatoms. The quantitative estimate of drug-likeness (QED) is 0.387. The molecule has 3 nitrogen and oxygen atoms in total. The summed E-state index contributed by atoms with van der Waals surface area (Å²) in [5.74, 6) is -0.964. The molecule has 0 aliphatic carbocycles. The number of aliphatic carboxylic acids is 1. The van der Waals surface area contributed by atoms with E-state index in [0.717, 1.165) is 15.1 Å². The first kappa shape index (κ1) is 23.0. The molecule has 27 heavy (non-hydrogen) atoms. The summed E-state index contributed by atoms with van der Waals surface area (Å²) in [6.45, 7) is 2.32. The Morgan fingerprint density at radius 1 is 1.26 bits per heavy atom. The monoisotopic (exact) mass is 601 g/mol. The van der Waals surface area contributed by atoms with Gasteiger partial charge in [0, 0.05) is 0 Å². The summed E-state index contributed by atoms with van der Waals surface area (Å²) in [6, 6.07) is 6.96. The van der Waals surface area contributed by atoms with E-state index in [2.05, 4.69) is 38.8 Å². The summed E-state index contributed by atoms with van der Waals surface area (Å²) in [6.07, 6.45) is -2.18. The first-order valence-electron chi connectivity index (χ1n) is 7.86. The zero-order valence-electron chi connectivity index (χ0n) is 14.1. The number of carboxylic acids is 1. The van der Waals surface area contributed by atoms with Crippen LogP contribution in [0.25, 0.3) is 0 Å². The topological polar surface area (TPSA) is 46.5 Å². The third-order valence-electron chi connectivity index (χ3n) is 3.53. The summed E-state index contributed by atoms with van der Waals surface area (Å²) >= 11 is 19.4. The van der Waals surface area contributed by atoms with Crippen LogP contribution in [0.15, 0.2) is 33.2 Å². The molecular formula is C18H15AsBr2Cl2FO3. The van der Waals surface area contributed by atoms with Crippen molar-refractivity contribution in [2.24, 2.45) is 0 Å². The first-order valence-corrected chi connectivity index (χ1v) is 12.5. The van der Waals surface area contributed by atoms with Gasteiger partial charge in [0.05, 0.1) is 0 Å². The molecule has 2 rings (SSSR count). The summed E-state index contributed by atoms with van der Waals surface area (Å²) in [5.41, 5.74) is 1.33. The van der Waals surface area contributed by atoms with E-state index >= 15 is 0 Å². The third kappa shape index (κ3) is 6.36. The van der Waals surface area contributed by atoms with E-state index in [1.807, 2.05) is 6.07 Å². The molecule has 0 aromatic heterocycles. The molecule has 0 aliphatic rings. The van der Waals surface area contributed by atoms with Crippen LogP contribution in [0.2, 0.25) is 15.3 Å². The molecule has 0 amide bonds. The standard InChI is InChI=1S/C18H15AsBr2Cl2FO3/c1-2-19-12-7-11(22)6-10(16(12)23)8-27-17-13(20)3-9(4-14(17)21)5-15(24)18(25)26/h3-4,6-7,15H,2,5,8H2,1H3,(H,25,26). The molecule has 1 N–H and O–H groups in total. The molecule has 1 atom stereocenters. The number of ether oxygens (including phenoxy) is 1. The number of carbonyl (C=O) groups is 1. The molecule has 2 aromatic carbocycles. The number of rotatable bonds is 8. The van der Waals surface area contributed by atoms with E-state index in [1.54, 1.807) is 18.2 Å². The fourth-order valence-corrected chi connectivity index (χ4v) is 6.51. The van der Waals surface area contributed by atoms with Crippen LogP contribution in [-0.2, 0) is 17.8 Å². The van der Waals surface area contributed by atoms with Gasteiger partial charge in [0.1, 0.15) is 0 Å². The van der Waals surface area contributed by atoms with Crippen LogP contribution in [0.5, 0.6) is 5.75 Å². The van der Waals surface area contributed by atoms with Crippen LogP contribution in [-0.4, -0.2) is 33.0 Å². The molecule has 145 valence electrons. The van der Waals surface area contributed by atoms with Gasteiger partial charge < -0.3 is 5.11 Å².